The van der Waals surface area contributed by atoms with Gasteiger partial charge >= 0.3 is 0 Å². The molecule has 0 saturated carbocycles. The van der Waals surface area contributed by atoms with Gasteiger partial charge in [-0.25, -0.2) is 0 Å². The lowest BCUT2D eigenvalue weighted by Gasteiger charge is -2.32. The molecule has 8 heteroatoms. The number of nitrogens with one attached hydrogen (secondary N) is 1. The van der Waals surface area contributed by atoms with Crippen molar-refractivity contribution in [3.63, 3.8) is 0 Å². The molecule has 1 saturated heterocycles. The number of carbonyl (C=O) groups is 3. The van der Waals surface area contributed by atoms with Crippen LogP contribution in [0, 0.1) is 11.8 Å². The zero-order valence-electron chi connectivity index (χ0n) is 20.5. The van der Waals surface area contributed by atoms with Crippen LogP contribution < -0.4 is 5.32 Å². The van der Waals surface area contributed by atoms with E-state index < -0.39 is 30.2 Å². The van der Waals surface area contributed by atoms with E-state index in [4.69, 9.17) is 5.11 Å². The molecule has 1 unspecified atom stereocenters. The molecule has 1 aliphatic heterocycles. The molecular formula is C27H32N4O4. The Kier molecular flexibility index (Phi) is 9.15. The second kappa shape index (κ2) is 12.3. The summed E-state index contributed by atoms with van der Waals surface area (Å²) in [5.41, 5.74) is 3.22. The third-order valence-electron chi connectivity index (χ3n) is 6.10. The van der Waals surface area contributed by atoms with E-state index >= 15 is 0 Å². The number of carbonyl (C=O) groups excluding carboxylic acids is 3. The molecule has 2 amide bonds. The number of hydrogen-bond donors (Lipinski definition) is 2. The second-order valence-electron chi connectivity index (χ2n) is 8.66. The highest BCUT2D eigenvalue weighted by atomic mass is 16.3. The zero-order valence-corrected chi connectivity index (χ0v) is 20.5. The lowest BCUT2D eigenvalue weighted by atomic mass is 10.1. The van der Waals surface area contributed by atoms with Crippen LogP contribution >= 0.6 is 0 Å². The van der Waals surface area contributed by atoms with E-state index in [1.807, 2.05) is 12.1 Å². The Balaban J connectivity index is 1.62. The third-order valence-corrected chi connectivity index (χ3v) is 6.10. The third kappa shape index (κ3) is 6.99. The highest BCUT2D eigenvalue weighted by Gasteiger charge is 2.32. The average Bonchev–Trinajstić information content (AvgIpc) is 2.89. The Bertz CT molecular complexity index is 1080. The topological polar surface area (TPSA) is 93.2 Å². The number of aliphatic hydroxyl groups excluding tert-OH is 1. The second-order valence-corrected chi connectivity index (χ2v) is 8.66. The van der Waals surface area contributed by atoms with Gasteiger partial charge in [0.1, 0.15) is 6.61 Å². The molecule has 8 nitrogen and oxygen atoms in total. The van der Waals surface area contributed by atoms with E-state index in [9.17, 15) is 14.4 Å². The van der Waals surface area contributed by atoms with E-state index in [2.05, 4.69) is 46.1 Å². The summed E-state index contributed by atoms with van der Waals surface area (Å²) in [5.74, 6) is 4.33. The van der Waals surface area contributed by atoms with Gasteiger partial charge in [0, 0.05) is 63.5 Å². The molecule has 0 radical (unpaired) electrons. The average molecular weight is 477 g/mol. The number of piperazine rings is 1. The Hall–Kier alpha value is -3.51. The molecule has 0 spiro atoms. The van der Waals surface area contributed by atoms with E-state index in [1.54, 1.807) is 24.3 Å². The minimum atomic E-state index is -1.39. The number of ketones is 1. The summed E-state index contributed by atoms with van der Waals surface area (Å²) in [6, 6.07) is 13.5. The maximum absolute atomic E-state index is 12.8. The van der Waals surface area contributed by atoms with Gasteiger partial charge in [-0.1, -0.05) is 24.0 Å². The van der Waals surface area contributed by atoms with Crippen LogP contribution in [-0.4, -0.2) is 97.4 Å². The first-order valence-electron chi connectivity index (χ1n) is 11.6. The molecule has 0 bridgehead atoms. The quantitative estimate of drug-likeness (QED) is 0.449. The Morgan fingerprint density at radius 3 is 2.03 bits per heavy atom. The largest absolute Gasteiger partial charge is 0.388 e. The van der Waals surface area contributed by atoms with Crippen molar-refractivity contribution in [1.29, 1.82) is 0 Å². The molecule has 1 heterocycles. The highest BCUT2D eigenvalue weighted by molar-refractivity contribution is 6.10. The van der Waals surface area contributed by atoms with Crippen molar-refractivity contribution < 1.29 is 19.5 Å². The van der Waals surface area contributed by atoms with Crippen LogP contribution in [-0.2, 0) is 16.1 Å². The Morgan fingerprint density at radius 2 is 1.51 bits per heavy atom. The highest BCUT2D eigenvalue weighted by Crippen LogP contribution is 2.12. The van der Waals surface area contributed by atoms with Crippen molar-refractivity contribution in [1.82, 2.24) is 20.0 Å². The first-order chi connectivity index (χ1) is 16.8. The SMILES string of the molecule is CNC(=O)C(C(=O)CO)N(C)C(=O)c1ccc(C#Cc2ccc(CN3CCN(C)CC3)cc2)cc1. The lowest BCUT2D eigenvalue weighted by Crippen LogP contribution is -2.52. The standard InChI is InChI=1S/C27H32N4O4/c1-28-26(34)25(24(33)19-32)30(3)27(35)23-12-10-21(11-13-23)5-4-20-6-8-22(9-7-20)18-31-16-14-29(2)15-17-31/h6-13,25,32H,14-19H2,1-3H3,(H,28,34). The van der Waals surface area contributed by atoms with Crippen LogP contribution in [0.25, 0.3) is 0 Å². The van der Waals surface area contributed by atoms with Crippen molar-refractivity contribution in [3.05, 3.63) is 70.8 Å². The predicted octanol–water partition coefficient (Wildman–Crippen LogP) is 0.582. The molecule has 184 valence electrons. The van der Waals surface area contributed by atoms with Gasteiger partial charge in [-0.15, -0.1) is 0 Å². The zero-order chi connectivity index (χ0) is 25.4. The maximum atomic E-state index is 12.8. The summed E-state index contributed by atoms with van der Waals surface area (Å²) in [4.78, 5) is 42.6. The first-order valence-corrected chi connectivity index (χ1v) is 11.6. The fourth-order valence-corrected chi connectivity index (χ4v) is 3.88. The van der Waals surface area contributed by atoms with Crippen molar-refractivity contribution >= 4 is 17.6 Å². The van der Waals surface area contributed by atoms with Crippen molar-refractivity contribution in [2.45, 2.75) is 12.6 Å². The van der Waals surface area contributed by atoms with Crippen LogP contribution in [0.3, 0.4) is 0 Å². The minimum Gasteiger partial charge on any atom is -0.388 e. The summed E-state index contributed by atoms with van der Waals surface area (Å²) < 4.78 is 0. The summed E-state index contributed by atoms with van der Waals surface area (Å²) >= 11 is 0. The summed E-state index contributed by atoms with van der Waals surface area (Å²) in [6.45, 7) is 4.46. The molecule has 35 heavy (non-hydrogen) atoms. The molecule has 3 rings (SSSR count). The molecule has 1 aliphatic rings. The van der Waals surface area contributed by atoms with Crippen molar-refractivity contribution in [3.8, 4) is 11.8 Å². The van der Waals surface area contributed by atoms with Crippen LogP contribution in [0.1, 0.15) is 27.0 Å². The van der Waals surface area contributed by atoms with Gasteiger partial charge in [0.05, 0.1) is 0 Å². The number of nitrogens with zero attached hydrogens (tertiary/aromatic N) is 3. The minimum absolute atomic E-state index is 0.311. The van der Waals surface area contributed by atoms with Gasteiger partial charge in [-0.3, -0.25) is 19.3 Å². The number of benzene rings is 2. The van der Waals surface area contributed by atoms with Crippen LogP contribution in [0.5, 0.6) is 0 Å². The van der Waals surface area contributed by atoms with Gasteiger partial charge in [-0.05, 0) is 49.0 Å². The van der Waals surface area contributed by atoms with E-state index in [1.165, 1.54) is 19.7 Å². The smallest absolute Gasteiger partial charge is 0.254 e. The van der Waals surface area contributed by atoms with Gasteiger partial charge in [0.2, 0.25) is 5.91 Å². The fraction of sp³-hybridized carbons (Fsp3) is 0.370. The van der Waals surface area contributed by atoms with Crippen LogP contribution in [0.15, 0.2) is 48.5 Å². The summed E-state index contributed by atoms with van der Waals surface area (Å²) in [7, 11) is 4.88. The molecule has 1 atom stereocenters. The monoisotopic (exact) mass is 476 g/mol. The fourth-order valence-electron chi connectivity index (χ4n) is 3.88. The normalized spacial score (nSPS) is 15.0. The van der Waals surface area contributed by atoms with Gasteiger partial charge in [0.25, 0.3) is 5.91 Å². The molecule has 2 aromatic carbocycles. The number of Topliss-reactive ketones (excluding diaryl/α,β-unsaturated/α-hetero) is 1. The number of rotatable bonds is 7. The molecule has 0 aliphatic carbocycles. The molecule has 0 aromatic heterocycles. The number of aliphatic hydroxyl groups is 1. The van der Waals surface area contributed by atoms with Gasteiger partial charge < -0.3 is 20.2 Å². The summed E-state index contributed by atoms with van der Waals surface area (Å²) in [6.07, 6.45) is 0. The van der Waals surface area contributed by atoms with Gasteiger partial charge in [0.15, 0.2) is 11.8 Å². The van der Waals surface area contributed by atoms with E-state index in [0.29, 0.717) is 5.56 Å². The maximum Gasteiger partial charge on any atom is 0.254 e. The molecule has 1 fully saturated rings. The Morgan fingerprint density at radius 1 is 0.971 bits per heavy atom. The first kappa shape index (κ1) is 26.1. The molecule has 2 aromatic rings. The number of likely N-dealkylation sites (N-methyl/N-ethyl adjacent to an activating group) is 3. The van der Waals surface area contributed by atoms with Crippen molar-refractivity contribution in [2.75, 3.05) is 53.9 Å². The summed E-state index contributed by atoms with van der Waals surface area (Å²) in [5, 5.41) is 11.5. The molecular weight excluding hydrogens is 444 g/mol. The predicted molar refractivity (Wildman–Crippen MR) is 134 cm³/mol. The number of hydrogen-bond acceptors (Lipinski definition) is 6. The van der Waals surface area contributed by atoms with Crippen LogP contribution in [0.2, 0.25) is 0 Å². The van der Waals surface area contributed by atoms with E-state index in [-0.39, 0.29) is 0 Å². The van der Waals surface area contributed by atoms with Gasteiger partial charge in [-0.2, -0.15) is 0 Å². The lowest BCUT2D eigenvalue weighted by molar-refractivity contribution is -0.135. The van der Waals surface area contributed by atoms with Crippen molar-refractivity contribution in [2.24, 2.45) is 0 Å². The Labute approximate surface area is 206 Å². The molecule has 2 N–H and O–H groups in total. The number of amides is 2. The van der Waals surface area contributed by atoms with Crippen LogP contribution in [0.4, 0.5) is 0 Å². The van der Waals surface area contributed by atoms with E-state index in [0.717, 1.165) is 48.8 Å².